The molecule has 0 heterocycles. The summed E-state index contributed by atoms with van der Waals surface area (Å²) < 4.78 is 0. The first-order chi connectivity index (χ1) is 4.04. The van der Waals surface area contributed by atoms with Gasteiger partial charge < -0.3 is 37.2 Å². The molecule has 0 aliphatic carbocycles. The van der Waals surface area contributed by atoms with E-state index in [2.05, 4.69) is 0 Å². The van der Waals surface area contributed by atoms with E-state index in [4.69, 9.17) is 15.3 Å². The van der Waals surface area contributed by atoms with Crippen molar-refractivity contribution in [2.45, 2.75) is 12.5 Å². The summed E-state index contributed by atoms with van der Waals surface area (Å²) in [5.41, 5.74) is 0. The van der Waals surface area contributed by atoms with Crippen molar-refractivity contribution in [1.82, 2.24) is 0 Å². The van der Waals surface area contributed by atoms with Crippen LogP contribution in [0.5, 0.6) is 0 Å². The maximum atomic E-state index is 9.72. The zero-order chi connectivity index (χ0) is 7.44. The normalized spacial score (nSPS) is 8.07. The van der Waals surface area contributed by atoms with Gasteiger partial charge in [0.2, 0.25) is 0 Å². The van der Waals surface area contributed by atoms with Gasteiger partial charge in [-0.3, -0.25) is 4.79 Å². The predicted molar refractivity (Wildman–Crippen MR) is 47.5 cm³/mol. The number of carboxylic acids is 2. The van der Waals surface area contributed by atoms with Crippen molar-refractivity contribution in [3.05, 3.63) is 0 Å². The molecule has 10 heteroatoms. The molecule has 1 unspecified atom stereocenters. The third-order valence-corrected chi connectivity index (χ3v) is 0.653. The van der Waals surface area contributed by atoms with E-state index >= 15 is 0 Å². The molecule has 14 heavy (non-hydrogen) atoms. The molecule has 0 aromatic heterocycles. The van der Waals surface area contributed by atoms with Crippen LogP contribution < -0.4 is 0 Å². The van der Waals surface area contributed by atoms with Crippen molar-refractivity contribution < 1.29 is 46.8 Å². The summed E-state index contributed by atoms with van der Waals surface area (Å²) in [5.74, 6) is -2.85. The topological polar surface area (TPSA) is 221 Å². The second-order valence-electron chi connectivity index (χ2n) is 1.45. The Labute approximate surface area is 101 Å². The van der Waals surface area contributed by atoms with Crippen LogP contribution in [0.2, 0.25) is 0 Å². The SMILES string of the molecule is O.O.O.O.O=C(O)CC(O)C(=O)O.[NaH]. The Morgan fingerprint density at radius 3 is 1.36 bits per heavy atom. The number of rotatable bonds is 3. The summed E-state index contributed by atoms with van der Waals surface area (Å²) in [6.45, 7) is 0. The number of carbonyl (C=O) groups is 2. The Bertz CT molecular complexity index is 137. The van der Waals surface area contributed by atoms with E-state index in [-0.39, 0.29) is 51.5 Å². The van der Waals surface area contributed by atoms with Crippen LogP contribution in [0.25, 0.3) is 0 Å². The van der Waals surface area contributed by atoms with Crippen molar-refractivity contribution in [1.29, 1.82) is 0 Å². The fourth-order valence-electron chi connectivity index (χ4n) is 0.253. The van der Waals surface area contributed by atoms with Crippen molar-refractivity contribution in [3.8, 4) is 0 Å². The Morgan fingerprint density at radius 2 is 1.29 bits per heavy atom. The molecule has 86 valence electrons. The van der Waals surface area contributed by atoms with Crippen molar-refractivity contribution in [2.75, 3.05) is 0 Å². The fourth-order valence-corrected chi connectivity index (χ4v) is 0.253. The fraction of sp³-hybridized carbons (Fsp3) is 0.500. The first-order valence-corrected chi connectivity index (χ1v) is 2.16. The second kappa shape index (κ2) is 18.5. The minimum absolute atomic E-state index is 0. The van der Waals surface area contributed by atoms with Gasteiger partial charge in [0.25, 0.3) is 0 Å². The zero-order valence-corrected chi connectivity index (χ0v) is 6.44. The first-order valence-electron chi connectivity index (χ1n) is 2.16. The summed E-state index contributed by atoms with van der Waals surface area (Å²) in [6.07, 6.45) is -2.54. The van der Waals surface area contributed by atoms with Gasteiger partial charge in [-0.1, -0.05) is 0 Å². The molecular formula is C4H15NaO9. The standard InChI is InChI=1S/C4H6O5.Na.4H2O.H/c5-2(4(8)9)1-3(6)7;;;;;;/h2,5H,1H2,(H,6,7)(H,8,9);;4*1H2;. The Hall–Kier alpha value is -0.260. The van der Waals surface area contributed by atoms with E-state index in [1.807, 2.05) is 0 Å². The molecule has 0 fully saturated rings. The van der Waals surface area contributed by atoms with E-state index in [0.717, 1.165) is 0 Å². The number of aliphatic hydroxyl groups is 1. The van der Waals surface area contributed by atoms with E-state index in [1.165, 1.54) is 0 Å². The average Bonchev–Trinajstić information content (AvgIpc) is 1.63. The molecule has 0 aliphatic rings. The molecule has 0 bridgehead atoms. The number of aliphatic carboxylic acids is 2. The van der Waals surface area contributed by atoms with Gasteiger partial charge >= 0.3 is 41.5 Å². The van der Waals surface area contributed by atoms with Gasteiger partial charge in [-0.2, -0.15) is 0 Å². The van der Waals surface area contributed by atoms with Crippen molar-refractivity contribution >= 4 is 41.5 Å². The van der Waals surface area contributed by atoms with E-state index < -0.39 is 24.5 Å². The van der Waals surface area contributed by atoms with Gasteiger partial charge in [-0.15, -0.1) is 0 Å². The number of hydrogen-bond donors (Lipinski definition) is 3. The van der Waals surface area contributed by atoms with Gasteiger partial charge in [0, 0.05) is 0 Å². The van der Waals surface area contributed by atoms with Crippen LogP contribution in [0.1, 0.15) is 6.42 Å². The Kier molecular flexibility index (Phi) is 49.2. The Morgan fingerprint density at radius 1 is 1.00 bits per heavy atom. The van der Waals surface area contributed by atoms with Crippen LogP contribution in [0, 0.1) is 0 Å². The molecule has 0 saturated carbocycles. The van der Waals surface area contributed by atoms with Gasteiger partial charge in [0.15, 0.2) is 6.10 Å². The van der Waals surface area contributed by atoms with Gasteiger partial charge in [0.05, 0.1) is 6.42 Å². The molecule has 9 nitrogen and oxygen atoms in total. The summed E-state index contributed by atoms with van der Waals surface area (Å²) in [5, 5.41) is 24.1. The average molecular weight is 230 g/mol. The summed E-state index contributed by atoms with van der Waals surface area (Å²) in [6, 6.07) is 0. The molecule has 0 amide bonds. The van der Waals surface area contributed by atoms with Crippen LogP contribution in [-0.4, -0.2) is 84.8 Å². The number of hydrogen-bond acceptors (Lipinski definition) is 3. The monoisotopic (exact) mass is 230 g/mol. The molecule has 0 aromatic rings. The molecule has 1 atom stereocenters. The molecule has 0 aliphatic heterocycles. The van der Waals surface area contributed by atoms with Crippen molar-refractivity contribution in [3.63, 3.8) is 0 Å². The molecule has 0 saturated heterocycles. The van der Waals surface area contributed by atoms with E-state index in [1.54, 1.807) is 0 Å². The minimum atomic E-state index is -1.79. The van der Waals surface area contributed by atoms with Crippen LogP contribution in [0.4, 0.5) is 0 Å². The van der Waals surface area contributed by atoms with Gasteiger partial charge in [-0.05, 0) is 0 Å². The molecule has 0 radical (unpaired) electrons. The van der Waals surface area contributed by atoms with Crippen LogP contribution in [-0.2, 0) is 9.59 Å². The van der Waals surface area contributed by atoms with Gasteiger partial charge in [0.1, 0.15) is 0 Å². The second-order valence-corrected chi connectivity index (χ2v) is 1.45. The third-order valence-electron chi connectivity index (χ3n) is 0.653. The molecular weight excluding hydrogens is 215 g/mol. The molecule has 11 N–H and O–H groups in total. The van der Waals surface area contributed by atoms with Crippen LogP contribution >= 0.6 is 0 Å². The van der Waals surface area contributed by atoms with Crippen LogP contribution in [0.3, 0.4) is 0 Å². The van der Waals surface area contributed by atoms with E-state index in [9.17, 15) is 9.59 Å². The Balaban J connectivity index is -0.0000000320. The van der Waals surface area contributed by atoms with Crippen molar-refractivity contribution in [2.24, 2.45) is 0 Å². The third kappa shape index (κ3) is 22.6. The van der Waals surface area contributed by atoms with Crippen LogP contribution in [0.15, 0.2) is 0 Å². The molecule has 0 spiro atoms. The zero-order valence-electron chi connectivity index (χ0n) is 6.44. The molecule has 0 aromatic carbocycles. The van der Waals surface area contributed by atoms with Gasteiger partial charge in [-0.25, -0.2) is 4.79 Å². The number of carboxylic acid groups (broad SMARTS) is 2. The first kappa shape index (κ1) is 37.2. The maximum absolute atomic E-state index is 9.72. The van der Waals surface area contributed by atoms with E-state index in [0.29, 0.717) is 0 Å². The number of aliphatic hydroxyl groups excluding tert-OH is 1. The summed E-state index contributed by atoms with van der Waals surface area (Å²) >= 11 is 0. The summed E-state index contributed by atoms with van der Waals surface area (Å²) in [4.78, 5) is 19.4. The molecule has 0 rings (SSSR count). The summed E-state index contributed by atoms with van der Waals surface area (Å²) in [7, 11) is 0. The quantitative estimate of drug-likeness (QED) is 0.403. The predicted octanol–water partition coefficient (Wildman–Crippen LogP) is -5.04.